The molecule has 2 aliphatic heterocycles. The van der Waals surface area contributed by atoms with Crippen molar-refractivity contribution in [3.63, 3.8) is 0 Å². The second kappa shape index (κ2) is 3.11. The van der Waals surface area contributed by atoms with Crippen molar-refractivity contribution in [2.45, 2.75) is 38.7 Å². The Morgan fingerprint density at radius 3 is 2.89 bits per heavy atom. The van der Waals surface area contributed by atoms with Gasteiger partial charge in [0.25, 0.3) is 5.91 Å². The molecule has 4 heteroatoms. The molecule has 1 amide bonds. The molecule has 5 aliphatic rings. The van der Waals surface area contributed by atoms with Gasteiger partial charge in [-0.2, -0.15) is 0 Å². The zero-order valence-electron chi connectivity index (χ0n) is 11.2. The number of ether oxygens (including phenoxy) is 1. The van der Waals surface area contributed by atoms with E-state index in [4.69, 9.17) is 4.74 Å². The van der Waals surface area contributed by atoms with Crippen LogP contribution in [0, 0.1) is 17.3 Å². The first-order valence-corrected chi connectivity index (χ1v) is 6.92. The Labute approximate surface area is 111 Å². The zero-order chi connectivity index (χ0) is 13.4. The van der Waals surface area contributed by atoms with Gasteiger partial charge in [-0.1, -0.05) is 0 Å². The lowest BCUT2D eigenvalue weighted by atomic mass is 9.44. The van der Waals surface area contributed by atoms with E-state index in [2.05, 4.69) is 12.2 Å². The molecular formula is C15H17NO3. The van der Waals surface area contributed by atoms with E-state index in [0.717, 1.165) is 25.0 Å². The van der Waals surface area contributed by atoms with Gasteiger partial charge in [-0.25, -0.2) is 0 Å². The van der Waals surface area contributed by atoms with Crippen LogP contribution in [0.25, 0.3) is 0 Å². The quantitative estimate of drug-likeness (QED) is 0.729. The zero-order valence-corrected chi connectivity index (χ0v) is 11.2. The van der Waals surface area contributed by atoms with E-state index < -0.39 is 5.41 Å². The maximum absolute atomic E-state index is 12.4. The molecule has 4 atom stereocenters. The standard InChI is InChI=1S/C15H17NO3/c1-8-5-10(16-12(8)17)7-15-9-3-4-14(2,11(15)6-9)19-13(15)18/h5,7,9,11H,3-4,6H2,1-2H3,(H,16,17)/b10-7-/t9-,11-,14+,15+/m0/s1. The third kappa shape index (κ3) is 1.15. The molecule has 0 aromatic heterocycles. The number of hydrogen-bond donors (Lipinski definition) is 1. The number of amides is 1. The summed E-state index contributed by atoms with van der Waals surface area (Å²) < 4.78 is 5.68. The van der Waals surface area contributed by atoms with Gasteiger partial charge in [0.05, 0.1) is 5.41 Å². The van der Waals surface area contributed by atoms with Gasteiger partial charge in [0.15, 0.2) is 0 Å². The summed E-state index contributed by atoms with van der Waals surface area (Å²) in [6.07, 6.45) is 6.88. The van der Waals surface area contributed by atoms with Crippen LogP contribution in [0.15, 0.2) is 23.4 Å². The maximum Gasteiger partial charge on any atom is 0.317 e. The fourth-order valence-electron chi connectivity index (χ4n) is 4.45. The van der Waals surface area contributed by atoms with Gasteiger partial charge < -0.3 is 10.1 Å². The minimum atomic E-state index is -0.475. The number of nitrogens with one attached hydrogen (secondary N) is 1. The van der Waals surface area contributed by atoms with Gasteiger partial charge in [-0.05, 0) is 51.2 Å². The van der Waals surface area contributed by atoms with E-state index in [-0.39, 0.29) is 23.4 Å². The summed E-state index contributed by atoms with van der Waals surface area (Å²) in [7, 11) is 0. The van der Waals surface area contributed by atoms with Crippen LogP contribution in [-0.2, 0) is 14.3 Å². The van der Waals surface area contributed by atoms with Crippen LogP contribution in [0.5, 0.6) is 0 Å². The Kier molecular flexibility index (Phi) is 1.84. The molecule has 1 saturated heterocycles. The highest BCUT2D eigenvalue weighted by atomic mass is 16.6. The highest BCUT2D eigenvalue weighted by molar-refractivity contribution is 5.98. The molecule has 0 radical (unpaired) electrons. The molecule has 3 saturated carbocycles. The molecule has 0 spiro atoms. The van der Waals surface area contributed by atoms with Gasteiger partial charge in [0.2, 0.25) is 0 Å². The molecule has 0 aromatic rings. The van der Waals surface area contributed by atoms with Crippen molar-refractivity contribution in [3.8, 4) is 0 Å². The number of rotatable bonds is 1. The second-order valence-electron chi connectivity index (χ2n) is 6.54. The van der Waals surface area contributed by atoms with Gasteiger partial charge in [-0.3, -0.25) is 9.59 Å². The molecular weight excluding hydrogens is 242 g/mol. The Balaban J connectivity index is 1.78. The van der Waals surface area contributed by atoms with Crippen LogP contribution < -0.4 is 5.32 Å². The highest BCUT2D eigenvalue weighted by Crippen LogP contribution is 2.69. The number of carbonyl (C=O) groups is 2. The van der Waals surface area contributed by atoms with Crippen molar-refractivity contribution in [1.29, 1.82) is 0 Å². The molecule has 5 rings (SSSR count). The van der Waals surface area contributed by atoms with Crippen LogP contribution in [0.3, 0.4) is 0 Å². The van der Waals surface area contributed by atoms with Crippen molar-refractivity contribution in [3.05, 3.63) is 23.4 Å². The summed E-state index contributed by atoms with van der Waals surface area (Å²) in [5, 5.41) is 2.82. The molecule has 4 nitrogen and oxygen atoms in total. The van der Waals surface area contributed by atoms with Gasteiger partial charge in [-0.15, -0.1) is 0 Å². The van der Waals surface area contributed by atoms with Crippen molar-refractivity contribution < 1.29 is 14.3 Å². The number of allylic oxidation sites excluding steroid dienone is 1. The van der Waals surface area contributed by atoms with Gasteiger partial charge in [0.1, 0.15) is 5.60 Å². The van der Waals surface area contributed by atoms with Crippen molar-refractivity contribution in [2.24, 2.45) is 17.3 Å². The van der Waals surface area contributed by atoms with Crippen LogP contribution in [0.1, 0.15) is 33.1 Å². The Morgan fingerprint density at radius 2 is 2.26 bits per heavy atom. The monoisotopic (exact) mass is 259 g/mol. The fourth-order valence-corrected chi connectivity index (χ4v) is 4.45. The molecule has 3 aliphatic carbocycles. The number of hydrogen-bond acceptors (Lipinski definition) is 3. The number of esters is 1. The third-order valence-electron chi connectivity index (χ3n) is 5.56. The SMILES string of the molecule is CC1=C/C(=C/[C@@]23C(=O)O[C@]4(C)CC[C@H]2C[C@H]34)NC1=O. The maximum atomic E-state index is 12.4. The topological polar surface area (TPSA) is 55.4 Å². The van der Waals surface area contributed by atoms with Crippen molar-refractivity contribution in [2.75, 3.05) is 0 Å². The van der Waals surface area contributed by atoms with Crippen LogP contribution in [0.2, 0.25) is 0 Å². The number of fused-ring (bicyclic) bond motifs is 1. The predicted molar refractivity (Wildman–Crippen MR) is 67.7 cm³/mol. The molecule has 4 fully saturated rings. The first-order valence-electron chi connectivity index (χ1n) is 6.92. The summed E-state index contributed by atoms with van der Waals surface area (Å²) >= 11 is 0. The van der Waals surface area contributed by atoms with Gasteiger partial charge >= 0.3 is 5.97 Å². The second-order valence-corrected chi connectivity index (χ2v) is 6.54. The van der Waals surface area contributed by atoms with Crippen LogP contribution in [-0.4, -0.2) is 17.5 Å². The number of carbonyl (C=O) groups excluding carboxylic acids is 2. The molecule has 4 bridgehead atoms. The minimum Gasteiger partial charge on any atom is -0.458 e. The lowest BCUT2D eigenvalue weighted by Gasteiger charge is -2.55. The Bertz CT molecular complexity index is 574. The smallest absolute Gasteiger partial charge is 0.317 e. The predicted octanol–water partition coefficient (Wildman–Crippen LogP) is 1.68. The Morgan fingerprint density at radius 1 is 1.47 bits per heavy atom. The summed E-state index contributed by atoms with van der Waals surface area (Å²) in [4.78, 5) is 23.9. The molecule has 0 aromatic carbocycles. The van der Waals surface area contributed by atoms with E-state index >= 15 is 0 Å². The van der Waals surface area contributed by atoms with E-state index in [1.54, 1.807) is 6.92 Å². The highest BCUT2D eigenvalue weighted by Gasteiger charge is 2.74. The summed E-state index contributed by atoms with van der Waals surface area (Å²) in [5.41, 5.74) is 0.697. The first-order chi connectivity index (χ1) is 8.95. The lowest BCUT2D eigenvalue weighted by molar-refractivity contribution is -0.151. The first kappa shape index (κ1) is 11.3. The van der Waals surface area contributed by atoms with Crippen molar-refractivity contribution >= 4 is 11.9 Å². The summed E-state index contributed by atoms with van der Waals surface area (Å²) in [6.45, 7) is 3.84. The average Bonchev–Trinajstić information content (AvgIpc) is 2.67. The van der Waals surface area contributed by atoms with Crippen molar-refractivity contribution in [1.82, 2.24) is 5.32 Å². The fraction of sp³-hybridized carbons (Fsp3) is 0.600. The van der Waals surface area contributed by atoms with Gasteiger partial charge in [0, 0.05) is 17.2 Å². The molecule has 1 N–H and O–H groups in total. The largest absolute Gasteiger partial charge is 0.458 e. The molecule has 19 heavy (non-hydrogen) atoms. The van der Waals surface area contributed by atoms with Crippen LogP contribution in [0.4, 0.5) is 0 Å². The molecule has 100 valence electrons. The Hall–Kier alpha value is -1.58. The summed E-state index contributed by atoms with van der Waals surface area (Å²) in [5.74, 6) is 0.513. The van der Waals surface area contributed by atoms with E-state index in [9.17, 15) is 9.59 Å². The van der Waals surface area contributed by atoms with E-state index in [0.29, 0.717) is 11.5 Å². The average molecular weight is 259 g/mol. The summed E-state index contributed by atoms with van der Waals surface area (Å²) in [6, 6.07) is 0. The normalized spacial score (nSPS) is 48.7. The lowest BCUT2D eigenvalue weighted by Crippen LogP contribution is -2.57. The van der Waals surface area contributed by atoms with Crippen LogP contribution >= 0.6 is 0 Å². The third-order valence-corrected chi connectivity index (χ3v) is 5.56. The van der Waals surface area contributed by atoms with E-state index in [1.807, 2.05) is 12.2 Å². The van der Waals surface area contributed by atoms with E-state index in [1.165, 1.54) is 0 Å². The molecule has 2 heterocycles. The minimum absolute atomic E-state index is 0.0683. The molecule has 0 unspecified atom stereocenters.